The summed E-state index contributed by atoms with van der Waals surface area (Å²) in [7, 11) is -3.99. The second-order valence-corrected chi connectivity index (χ2v) is 6.28. The van der Waals surface area contributed by atoms with E-state index in [0.29, 0.717) is 6.42 Å². The molecule has 0 fully saturated rings. The van der Waals surface area contributed by atoms with Gasteiger partial charge in [0.05, 0.1) is 16.7 Å². The summed E-state index contributed by atoms with van der Waals surface area (Å²) in [6.07, 6.45) is 0.534. The molecule has 108 valence electrons. The number of hydrogen-bond donors (Lipinski definition) is 2. The minimum atomic E-state index is -3.99. The molecule has 20 heavy (non-hydrogen) atoms. The summed E-state index contributed by atoms with van der Waals surface area (Å²) in [6, 6.07) is 4.02. The second-order valence-electron chi connectivity index (χ2n) is 3.73. The lowest BCUT2D eigenvalue weighted by molar-refractivity contribution is 0.0697. The number of rotatable bonds is 6. The molecule has 0 heterocycles. The Kier molecular flexibility index (Phi) is 5.77. The number of carboxylic acid groups (broad SMARTS) is 1. The van der Waals surface area contributed by atoms with E-state index in [-0.39, 0.29) is 18.0 Å². The number of halogens is 2. The minimum Gasteiger partial charge on any atom is -0.478 e. The molecular weight excluding hydrogens is 327 g/mol. The average molecular weight is 337 g/mol. The predicted octanol–water partition coefficient (Wildman–Crippen LogP) is 2.27. The van der Waals surface area contributed by atoms with Crippen molar-refractivity contribution in [2.24, 2.45) is 0 Å². The Bertz CT molecular complexity index is 668. The molecule has 1 rings (SSSR count). The lowest BCUT2D eigenvalue weighted by Gasteiger charge is -2.10. The monoisotopic (exact) mass is 336 g/mol. The van der Waals surface area contributed by atoms with E-state index >= 15 is 0 Å². The SMILES string of the molecule is N#CCCCNS(=O)(=O)c1cc(Cl)cc(C(=O)O)c1Cl. The second kappa shape index (κ2) is 6.90. The number of unbranched alkanes of at least 4 members (excludes halogenated alkanes) is 1. The molecule has 2 N–H and O–H groups in total. The normalized spacial score (nSPS) is 11.1. The van der Waals surface area contributed by atoms with Crippen LogP contribution in [0, 0.1) is 11.3 Å². The fourth-order valence-corrected chi connectivity index (χ4v) is 3.34. The van der Waals surface area contributed by atoms with Crippen LogP contribution < -0.4 is 4.72 Å². The highest BCUT2D eigenvalue weighted by atomic mass is 35.5. The van der Waals surface area contributed by atoms with Crippen molar-refractivity contribution in [3.8, 4) is 6.07 Å². The molecule has 0 radical (unpaired) electrons. The van der Waals surface area contributed by atoms with Crippen molar-refractivity contribution in [3.63, 3.8) is 0 Å². The molecule has 0 spiro atoms. The molecule has 1 aromatic carbocycles. The van der Waals surface area contributed by atoms with E-state index in [1.165, 1.54) is 0 Å². The van der Waals surface area contributed by atoms with Crippen molar-refractivity contribution in [1.29, 1.82) is 5.26 Å². The zero-order valence-electron chi connectivity index (χ0n) is 10.1. The van der Waals surface area contributed by atoms with Crippen molar-refractivity contribution in [2.45, 2.75) is 17.7 Å². The molecule has 0 aromatic heterocycles. The van der Waals surface area contributed by atoms with Gasteiger partial charge in [-0.25, -0.2) is 17.9 Å². The van der Waals surface area contributed by atoms with Gasteiger partial charge in [-0.15, -0.1) is 0 Å². The van der Waals surface area contributed by atoms with Crippen LogP contribution in [-0.4, -0.2) is 26.0 Å². The van der Waals surface area contributed by atoms with E-state index < -0.39 is 31.5 Å². The van der Waals surface area contributed by atoms with Gasteiger partial charge in [-0.1, -0.05) is 23.2 Å². The van der Waals surface area contributed by atoms with Gasteiger partial charge in [0, 0.05) is 18.0 Å². The number of sulfonamides is 1. The number of carbonyl (C=O) groups is 1. The summed E-state index contributed by atoms with van der Waals surface area (Å²) in [4.78, 5) is 10.6. The lowest BCUT2D eigenvalue weighted by Crippen LogP contribution is -2.25. The van der Waals surface area contributed by atoms with Gasteiger partial charge >= 0.3 is 5.97 Å². The van der Waals surface area contributed by atoms with Crippen LogP contribution in [-0.2, 0) is 10.0 Å². The molecular formula is C11H10Cl2N2O4S. The Morgan fingerprint density at radius 2 is 2.05 bits per heavy atom. The smallest absolute Gasteiger partial charge is 0.337 e. The lowest BCUT2D eigenvalue weighted by atomic mass is 10.2. The first-order valence-electron chi connectivity index (χ1n) is 5.38. The van der Waals surface area contributed by atoms with Crippen LogP contribution in [0.1, 0.15) is 23.2 Å². The van der Waals surface area contributed by atoms with Crippen LogP contribution >= 0.6 is 23.2 Å². The van der Waals surface area contributed by atoms with Crippen molar-refractivity contribution in [2.75, 3.05) is 6.54 Å². The highest BCUT2D eigenvalue weighted by molar-refractivity contribution is 7.89. The van der Waals surface area contributed by atoms with Crippen molar-refractivity contribution < 1.29 is 18.3 Å². The molecule has 6 nitrogen and oxygen atoms in total. The Hall–Kier alpha value is -1.33. The van der Waals surface area contributed by atoms with Crippen LogP contribution in [0.15, 0.2) is 17.0 Å². The van der Waals surface area contributed by atoms with Crippen LogP contribution in [0.3, 0.4) is 0 Å². The van der Waals surface area contributed by atoms with Crippen molar-refractivity contribution >= 4 is 39.2 Å². The molecule has 0 saturated carbocycles. The van der Waals surface area contributed by atoms with Crippen LogP contribution in [0.5, 0.6) is 0 Å². The third-order valence-corrected chi connectivity index (χ3v) is 4.50. The maximum Gasteiger partial charge on any atom is 0.337 e. The highest BCUT2D eigenvalue weighted by Crippen LogP contribution is 2.29. The fraction of sp³-hybridized carbons (Fsp3) is 0.273. The van der Waals surface area contributed by atoms with Gasteiger partial charge in [-0.3, -0.25) is 0 Å². The molecule has 0 aliphatic rings. The van der Waals surface area contributed by atoms with Crippen molar-refractivity contribution in [3.05, 3.63) is 27.7 Å². The van der Waals surface area contributed by atoms with Gasteiger partial charge < -0.3 is 5.11 Å². The van der Waals surface area contributed by atoms with Gasteiger partial charge in [0.15, 0.2) is 0 Å². The summed E-state index contributed by atoms with van der Waals surface area (Å²) in [5.74, 6) is -1.38. The number of nitriles is 1. The predicted molar refractivity (Wildman–Crippen MR) is 73.5 cm³/mol. The van der Waals surface area contributed by atoms with Gasteiger partial charge in [0.25, 0.3) is 0 Å². The van der Waals surface area contributed by atoms with Crippen molar-refractivity contribution in [1.82, 2.24) is 4.72 Å². The number of nitrogens with one attached hydrogen (secondary N) is 1. The quantitative estimate of drug-likeness (QED) is 0.774. The number of carboxylic acids is 1. The zero-order chi connectivity index (χ0) is 15.3. The average Bonchev–Trinajstić information content (AvgIpc) is 2.36. The Labute approximate surface area is 126 Å². The summed E-state index contributed by atoms with van der Waals surface area (Å²) in [5.41, 5.74) is -0.392. The molecule has 0 amide bonds. The van der Waals surface area contributed by atoms with Crippen LogP contribution in [0.2, 0.25) is 10.0 Å². The number of nitrogens with zero attached hydrogens (tertiary/aromatic N) is 1. The highest BCUT2D eigenvalue weighted by Gasteiger charge is 2.23. The topological polar surface area (TPSA) is 107 Å². The first-order valence-corrected chi connectivity index (χ1v) is 7.62. The molecule has 0 bridgehead atoms. The Morgan fingerprint density at radius 1 is 1.40 bits per heavy atom. The first kappa shape index (κ1) is 16.7. The van der Waals surface area contributed by atoms with E-state index in [0.717, 1.165) is 12.1 Å². The molecule has 0 saturated heterocycles. The number of aromatic carboxylic acids is 1. The van der Waals surface area contributed by atoms with E-state index in [4.69, 9.17) is 33.6 Å². The Morgan fingerprint density at radius 3 is 2.60 bits per heavy atom. The third kappa shape index (κ3) is 4.08. The van der Waals surface area contributed by atoms with Gasteiger partial charge in [0.2, 0.25) is 10.0 Å². The first-order chi connectivity index (χ1) is 9.29. The maximum atomic E-state index is 12.0. The van der Waals surface area contributed by atoms with E-state index in [1.54, 1.807) is 0 Å². The summed E-state index contributed by atoms with van der Waals surface area (Å²) in [6.45, 7) is 0.0428. The minimum absolute atomic E-state index is 0.0428. The zero-order valence-corrected chi connectivity index (χ0v) is 12.4. The summed E-state index contributed by atoms with van der Waals surface area (Å²) < 4.78 is 26.3. The summed E-state index contributed by atoms with van der Waals surface area (Å²) >= 11 is 11.5. The molecule has 0 aliphatic carbocycles. The molecule has 0 unspecified atom stereocenters. The fourth-order valence-electron chi connectivity index (χ4n) is 1.37. The van der Waals surface area contributed by atoms with Gasteiger partial charge in [0.1, 0.15) is 4.90 Å². The van der Waals surface area contributed by atoms with E-state index in [9.17, 15) is 13.2 Å². The van der Waals surface area contributed by atoms with Crippen LogP contribution in [0.25, 0.3) is 0 Å². The van der Waals surface area contributed by atoms with Crippen LogP contribution in [0.4, 0.5) is 0 Å². The van der Waals surface area contributed by atoms with E-state index in [1.807, 2.05) is 6.07 Å². The molecule has 9 heteroatoms. The molecule has 0 aliphatic heterocycles. The van der Waals surface area contributed by atoms with Gasteiger partial charge in [-0.2, -0.15) is 5.26 Å². The number of hydrogen-bond acceptors (Lipinski definition) is 4. The number of benzene rings is 1. The van der Waals surface area contributed by atoms with E-state index in [2.05, 4.69) is 4.72 Å². The maximum absolute atomic E-state index is 12.0. The molecule has 0 atom stereocenters. The standard InChI is InChI=1S/C11H10Cl2N2O4S/c12-7-5-8(11(16)17)10(13)9(6-7)20(18,19)15-4-2-1-3-14/h5-6,15H,1-2,4H2,(H,16,17). The Balaban J connectivity index is 3.12. The largest absolute Gasteiger partial charge is 0.478 e. The summed E-state index contributed by atoms with van der Waals surface area (Å²) in [5, 5.41) is 16.8. The van der Waals surface area contributed by atoms with Gasteiger partial charge in [-0.05, 0) is 18.6 Å². The third-order valence-electron chi connectivity index (χ3n) is 2.28. The molecule has 1 aromatic rings.